The van der Waals surface area contributed by atoms with Crippen molar-refractivity contribution in [3.05, 3.63) is 0 Å². The van der Waals surface area contributed by atoms with Gasteiger partial charge in [-0.1, -0.05) is 13.3 Å². The first kappa shape index (κ1) is 14.0. The lowest BCUT2D eigenvalue weighted by molar-refractivity contribution is -0.148. The van der Waals surface area contributed by atoms with Gasteiger partial charge in [-0.05, 0) is 25.7 Å². The number of urea groups is 1. The van der Waals surface area contributed by atoms with Crippen molar-refractivity contribution >= 4 is 17.8 Å². The molecule has 6 heteroatoms. The van der Waals surface area contributed by atoms with Crippen LogP contribution in [-0.2, 0) is 14.3 Å². The fourth-order valence-corrected chi connectivity index (χ4v) is 2.64. The molecule has 2 rings (SSSR count). The monoisotopic (exact) mass is 268 g/mol. The van der Waals surface area contributed by atoms with E-state index in [0.717, 1.165) is 30.6 Å². The number of imide groups is 2. The maximum absolute atomic E-state index is 12.3. The first-order valence-electron chi connectivity index (χ1n) is 6.74. The van der Waals surface area contributed by atoms with Crippen LogP contribution in [0.4, 0.5) is 4.79 Å². The molecule has 2 fully saturated rings. The maximum atomic E-state index is 12.3. The normalized spacial score (nSPS) is 26.1. The molecule has 0 aromatic carbocycles. The van der Waals surface area contributed by atoms with Crippen molar-refractivity contribution in [3.63, 3.8) is 0 Å². The van der Waals surface area contributed by atoms with Gasteiger partial charge >= 0.3 is 6.03 Å². The SMILES string of the molecule is CCCC1C(=O)NC(=O)N(CC2(OC)CCC2)C1=O. The Kier molecular flexibility index (Phi) is 3.89. The maximum Gasteiger partial charge on any atom is 0.330 e. The average molecular weight is 268 g/mol. The van der Waals surface area contributed by atoms with E-state index in [1.54, 1.807) is 7.11 Å². The van der Waals surface area contributed by atoms with Gasteiger partial charge in [-0.15, -0.1) is 0 Å². The number of hydrogen-bond donors (Lipinski definition) is 1. The Hall–Kier alpha value is -1.43. The van der Waals surface area contributed by atoms with Gasteiger partial charge in [0.15, 0.2) is 0 Å². The summed E-state index contributed by atoms with van der Waals surface area (Å²) in [4.78, 5) is 36.9. The molecule has 1 heterocycles. The van der Waals surface area contributed by atoms with Gasteiger partial charge in [0.25, 0.3) is 0 Å². The summed E-state index contributed by atoms with van der Waals surface area (Å²) in [5, 5.41) is 2.26. The number of hydrogen-bond acceptors (Lipinski definition) is 4. The largest absolute Gasteiger partial charge is 0.376 e. The van der Waals surface area contributed by atoms with Gasteiger partial charge in [0.2, 0.25) is 11.8 Å². The molecule has 1 saturated carbocycles. The number of barbiturate groups is 1. The standard InChI is InChI=1S/C13H20N2O4/c1-3-5-9-10(16)14-12(18)15(11(9)17)8-13(19-2)6-4-7-13/h9H,3-8H2,1-2H3,(H,14,16,18). The molecule has 1 aliphatic carbocycles. The van der Waals surface area contributed by atoms with Crippen LogP contribution in [0.15, 0.2) is 0 Å². The predicted octanol–water partition coefficient (Wildman–Crippen LogP) is 1.05. The van der Waals surface area contributed by atoms with E-state index in [2.05, 4.69) is 5.32 Å². The number of carbonyl (C=O) groups is 3. The summed E-state index contributed by atoms with van der Waals surface area (Å²) in [5.74, 6) is -1.61. The Balaban J connectivity index is 2.12. The van der Waals surface area contributed by atoms with E-state index in [9.17, 15) is 14.4 Å². The minimum absolute atomic E-state index is 0.238. The van der Waals surface area contributed by atoms with E-state index in [1.165, 1.54) is 0 Å². The summed E-state index contributed by atoms with van der Waals surface area (Å²) in [6.45, 7) is 2.14. The Morgan fingerprint density at radius 1 is 1.37 bits per heavy atom. The van der Waals surface area contributed by atoms with E-state index in [4.69, 9.17) is 4.74 Å². The van der Waals surface area contributed by atoms with Crippen molar-refractivity contribution in [2.45, 2.75) is 44.6 Å². The Morgan fingerprint density at radius 2 is 2.05 bits per heavy atom. The summed E-state index contributed by atoms with van der Waals surface area (Å²) in [6.07, 6.45) is 3.91. The van der Waals surface area contributed by atoms with Gasteiger partial charge in [-0.3, -0.25) is 19.8 Å². The number of carbonyl (C=O) groups excluding carboxylic acids is 3. The second-order valence-electron chi connectivity index (χ2n) is 5.30. The summed E-state index contributed by atoms with van der Waals surface area (Å²) < 4.78 is 5.44. The third kappa shape index (κ3) is 2.49. The molecule has 0 aromatic heterocycles. The van der Waals surface area contributed by atoms with Crippen molar-refractivity contribution in [1.82, 2.24) is 10.2 Å². The first-order chi connectivity index (χ1) is 9.03. The molecule has 106 valence electrons. The number of nitrogens with zero attached hydrogens (tertiary/aromatic N) is 1. The van der Waals surface area contributed by atoms with Crippen LogP contribution in [-0.4, -0.2) is 42.0 Å². The molecule has 6 nitrogen and oxygen atoms in total. The number of rotatable bonds is 5. The van der Waals surface area contributed by atoms with E-state index < -0.39 is 23.5 Å². The molecule has 1 atom stereocenters. The van der Waals surface area contributed by atoms with Gasteiger partial charge in [0.1, 0.15) is 5.92 Å². The zero-order valence-corrected chi connectivity index (χ0v) is 11.4. The zero-order valence-electron chi connectivity index (χ0n) is 11.4. The minimum Gasteiger partial charge on any atom is -0.376 e. The third-order valence-corrected chi connectivity index (χ3v) is 4.08. The summed E-state index contributed by atoms with van der Waals surface area (Å²) in [5.41, 5.74) is -0.413. The minimum atomic E-state index is -0.739. The van der Waals surface area contributed by atoms with Crippen LogP contribution >= 0.6 is 0 Å². The van der Waals surface area contributed by atoms with Crippen LogP contribution in [0, 0.1) is 5.92 Å². The van der Waals surface area contributed by atoms with Crippen LogP contribution in [0.3, 0.4) is 0 Å². The highest BCUT2D eigenvalue weighted by atomic mass is 16.5. The quantitative estimate of drug-likeness (QED) is 0.756. The summed E-state index contributed by atoms with van der Waals surface area (Å²) in [7, 11) is 1.60. The van der Waals surface area contributed by atoms with Crippen LogP contribution in [0.1, 0.15) is 39.0 Å². The fourth-order valence-electron chi connectivity index (χ4n) is 2.64. The highest BCUT2D eigenvalue weighted by Crippen LogP contribution is 2.36. The molecule has 4 amide bonds. The highest BCUT2D eigenvalue weighted by molar-refractivity contribution is 6.16. The molecule has 1 saturated heterocycles. The van der Waals surface area contributed by atoms with Gasteiger partial charge in [0.05, 0.1) is 12.1 Å². The summed E-state index contributed by atoms with van der Waals surface area (Å²) in [6, 6.07) is -0.620. The Morgan fingerprint density at radius 3 is 2.53 bits per heavy atom. The van der Waals surface area contributed by atoms with E-state index >= 15 is 0 Å². The molecular weight excluding hydrogens is 248 g/mol. The van der Waals surface area contributed by atoms with E-state index in [0.29, 0.717) is 6.42 Å². The number of ether oxygens (including phenoxy) is 1. The second-order valence-corrected chi connectivity index (χ2v) is 5.30. The topological polar surface area (TPSA) is 75.7 Å². The van der Waals surface area contributed by atoms with Crippen LogP contribution in [0.2, 0.25) is 0 Å². The first-order valence-corrected chi connectivity index (χ1v) is 6.74. The van der Waals surface area contributed by atoms with Gasteiger partial charge in [-0.2, -0.15) is 0 Å². The number of nitrogens with one attached hydrogen (secondary N) is 1. The van der Waals surface area contributed by atoms with Crippen molar-refractivity contribution in [2.24, 2.45) is 5.92 Å². The predicted molar refractivity (Wildman–Crippen MR) is 67.2 cm³/mol. The lowest BCUT2D eigenvalue weighted by Crippen LogP contribution is -2.62. The van der Waals surface area contributed by atoms with Crippen molar-refractivity contribution < 1.29 is 19.1 Å². The molecule has 19 heavy (non-hydrogen) atoms. The molecule has 1 unspecified atom stereocenters. The number of methoxy groups -OCH3 is 1. The molecule has 0 radical (unpaired) electrons. The third-order valence-electron chi connectivity index (χ3n) is 4.08. The van der Waals surface area contributed by atoms with Gasteiger partial charge < -0.3 is 4.74 Å². The molecule has 0 aromatic rings. The van der Waals surface area contributed by atoms with Crippen molar-refractivity contribution in [2.75, 3.05) is 13.7 Å². The molecular formula is C13H20N2O4. The molecule has 0 bridgehead atoms. The average Bonchev–Trinajstić information content (AvgIpc) is 2.33. The molecule has 0 spiro atoms. The smallest absolute Gasteiger partial charge is 0.330 e. The molecule has 1 N–H and O–H groups in total. The van der Waals surface area contributed by atoms with Gasteiger partial charge in [-0.25, -0.2) is 4.79 Å². The van der Waals surface area contributed by atoms with E-state index in [1.807, 2.05) is 6.92 Å². The zero-order chi connectivity index (χ0) is 14.0. The molecule has 1 aliphatic heterocycles. The molecule has 2 aliphatic rings. The van der Waals surface area contributed by atoms with Crippen LogP contribution in [0.5, 0.6) is 0 Å². The highest BCUT2D eigenvalue weighted by Gasteiger charge is 2.46. The fraction of sp³-hybridized carbons (Fsp3) is 0.769. The van der Waals surface area contributed by atoms with E-state index in [-0.39, 0.29) is 12.5 Å². The number of amides is 4. The second kappa shape index (κ2) is 5.28. The lowest BCUT2D eigenvalue weighted by Gasteiger charge is -2.44. The van der Waals surface area contributed by atoms with Crippen molar-refractivity contribution in [1.29, 1.82) is 0 Å². The lowest BCUT2D eigenvalue weighted by atomic mass is 9.79. The van der Waals surface area contributed by atoms with Crippen LogP contribution < -0.4 is 5.32 Å². The van der Waals surface area contributed by atoms with Crippen molar-refractivity contribution in [3.8, 4) is 0 Å². The summed E-state index contributed by atoms with van der Waals surface area (Å²) >= 11 is 0. The Bertz CT molecular complexity index is 398. The Labute approximate surface area is 112 Å². The van der Waals surface area contributed by atoms with Crippen LogP contribution in [0.25, 0.3) is 0 Å². The van der Waals surface area contributed by atoms with Gasteiger partial charge in [0, 0.05) is 7.11 Å².